The van der Waals surface area contributed by atoms with Gasteiger partial charge in [-0.25, -0.2) is 4.85 Å². The number of hydrogen-bond acceptors (Lipinski definition) is 1. The number of pyridine rings is 1. The Hall–Kier alpha value is -3.12. The van der Waals surface area contributed by atoms with E-state index in [1.165, 1.54) is 6.92 Å². The summed E-state index contributed by atoms with van der Waals surface area (Å²) in [6.07, 6.45) is 0. The third kappa shape index (κ3) is 2.68. The van der Waals surface area contributed by atoms with Gasteiger partial charge in [-0.3, -0.25) is 0 Å². The Morgan fingerprint density at radius 1 is 1.11 bits per heavy atom. The summed E-state index contributed by atoms with van der Waals surface area (Å²) in [5.74, 6) is -1.76. The Bertz CT molecular complexity index is 1440. The van der Waals surface area contributed by atoms with E-state index in [1.807, 2.05) is 56.7 Å². The van der Waals surface area contributed by atoms with Gasteiger partial charge in [0, 0.05) is 35.3 Å². The summed E-state index contributed by atoms with van der Waals surface area (Å²) in [7, 11) is 1.92. The lowest BCUT2D eigenvalue weighted by atomic mass is 9.96. The van der Waals surface area contributed by atoms with Crippen LogP contribution in [-0.2, 0) is 7.05 Å². The second kappa shape index (κ2) is 6.49. The number of rotatable bonds is 2. The quantitative estimate of drug-likeness (QED) is 0.284. The molecule has 2 aromatic carbocycles. The number of nitrogens with zero attached hydrogens (tertiary/aromatic N) is 2. The van der Waals surface area contributed by atoms with E-state index in [0.717, 1.165) is 38.9 Å². The molecular weight excluding hydrogens is 344 g/mol. The van der Waals surface area contributed by atoms with Gasteiger partial charge in [-0.2, -0.15) is 4.57 Å². The van der Waals surface area contributed by atoms with E-state index in [1.54, 1.807) is 12.1 Å². The van der Waals surface area contributed by atoms with Crippen molar-refractivity contribution in [2.45, 2.75) is 40.4 Å². The van der Waals surface area contributed by atoms with Crippen LogP contribution >= 0.6 is 0 Å². The van der Waals surface area contributed by atoms with Crippen molar-refractivity contribution in [1.29, 1.82) is 0 Å². The second-order valence-electron chi connectivity index (χ2n) is 7.46. The molecule has 2 aromatic heterocycles. The van der Waals surface area contributed by atoms with E-state index in [4.69, 9.17) is 16.5 Å². The summed E-state index contributed by atoms with van der Waals surface area (Å²) in [4.78, 5) is 3.65. The summed E-state index contributed by atoms with van der Waals surface area (Å²) in [5, 5.41) is 1.79. The zero-order valence-electron chi connectivity index (χ0n) is 20.8. The van der Waals surface area contributed by atoms with Crippen molar-refractivity contribution in [3.05, 3.63) is 70.2 Å². The van der Waals surface area contributed by atoms with Crippen molar-refractivity contribution in [2.24, 2.45) is 7.05 Å². The summed E-state index contributed by atoms with van der Waals surface area (Å²) < 4.78 is 40.5. The van der Waals surface area contributed by atoms with E-state index < -0.39 is 12.7 Å². The van der Waals surface area contributed by atoms with Gasteiger partial charge in [0.2, 0.25) is 11.4 Å². The molecule has 0 fully saturated rings. The molecule has 0 radical (unpaired) electrons. The minimum Gasteiger partial charge on any atom is -0.466 e. The maximum absolute atomic E-state index is 8.60. The van der Waals surface area contributed by atoms with E-state index >= 15 is 0 Å². The van der Waals surface area contributed by atoms with Crippen LogP contribution in [0.1, 0.15) is 47.5 Å². The van der Waals surface area contributed by atoms with Gasteiger partial charge in [-0.1, -0.05) is 37.5 Å². The highest BCUT2D eigenvalue weighted by atomic mass is 16.3. The second-order valence-corrected chi connectivity index (χ2v) is 7.46. The first-order chi connectivity index (χ1) is 14.9. The van der Waals surface area contributed by atoms with Crippen LogP contribution in [-0.4, -0.2) is 0 Å². The first-order valence-corrected chi connectivity index (χ1v) is 9.22. The number of benzene rings is 2. The predicted molar refractivity (Wildman–Crippen MR) is 115 cm³/mol. The fourth-order valence-corrected chi connectivity index (χ4v) is 3.82. The molecule has 0 aliphatic rings. The first-order valence-electron chi connectivity index (χ1n) is 11.2. The van der Waals surface area contributed by atoms with Crippen molar-refractivity contribution in [2.75, 3.05) is 0 Å². The fourth-order valence-electron chi connectivity index (χ4n) is 3.82. The molecule has 0 amide bonds. The van der Waals surface area contributed by atoms with Crippen LogP contribution in [0, 0.1) is 27.3 Å². The summed E-state index contributed by atoms with van der Waals surface area (Å²) >= 11 is 0. The molecule has 4 rings (SSSR count). The van der Waals surface area contributed by atoms with E-state index in [2.05, 4.69) is 4.85 Å². The third-order valence-corrected chi connectivity index (χ3v) is 5.43. The Labute approximate surface area is 171 Å². The lowest BCUT2D eigenvalue weighted by Gasteiger charge is -2.11. The van der Waals surface area contributed by atoms with Gasteiger partial charge in [0.15, 0.2) is 5.69 Å². The predicted octanol–water partition coefficient (Wildman–Crippen LogP) is 6.68. The molecule has 3 heteroatoms. The van der Waals surface area contributed by atoms with E-state index in [-0.39, 0.29) is 0 Å². The summed E-state index contributed by atoms with van der Waals surface area (Å²) in [6.45, 7) is 12.4. The van der Waals surface area contributed by atoms with Crippen LogP contribution in [0.25, 0.3) is 38.0 Å². The molecule has 4 aromatic rings. The van der Waals surface area contributed by atoms with Crippen molar-refractivity contribution in [3.8, 4) is 11.3 Å². The van der Waals surface area contributed by atoms with Crippen molar-refractivity contribution < 1.29 is 14.5 Å². The third-order valence-electron chi connectivity index (χ3n) is 5.43. The average molecular weight is 374 g/mol. The van der Waals surface area contributed by atoms with Crippen molar-refractivity contribution in [3.63, 3.8) is 0 Å². The standard InChI is InChI=1S/C25H25N2O/c1-14(2)18-12-17(5)27(7)22(13-18)23-16(4)8-9-19-20-10-15(3)11-21(26-6)24(20)28-25(19)23/h8-14H,1-5,7H3/q+1/i1D3,14D. The Balaban J connectivity index is 2.12. The van der Waals surface area contributed by atoms with Gasteiger partial charge in [-0.15, -0.1) is 0 Å². The molecule has 0 aliphatic heterocycles. The normalized spacial score (nSPS) is 16.1. The molecule has 140 valence electrons. The summed E-state index contributed by atoms with van der Waals surface area (Å²) in [6, 6.07) is 11.4. The Morgan fingerprint density at radius 2 is 1.89 bits per heavy atom. The molecular formula is C25H25N2O+. The van der Waals surface area contributed by atoms with E-state index in [9.17, 15) is 0 Å². The maximum Gasteiger partial charge on any atom is 0.229 e. The van der Waals surface area contributed by atoms with Crippen LogP contribution < -0.4 is 4.57 Å². The highest BCUT2D eigenvalue weighted by molar-refractivity contribution is 6.13. The van der Waals surface area contributed by atoms with Gasteiger partial charge >= 0.3 is 0 Å². The molecule has 0 saturated carbocycles. The molecule has 28 heavy (non-hydrogen) atoms. The van der Waals surface area contributed by atoms with Gasteiger partial charge in [0.05, 0.1) is 12.1 Å². The van der Waals surface area contributed by atoms with Gasteiger partial charge in [-0.05, 0) is 36.9 Å². The summed E-state index contributed by atoms with van der Waals surface area (Å²) in [5.41, 5.74) is 6.49. The number of hydrogen-bond donors (Lipinski definition) is 0. The number of aromatic nitrogens is 1. The minimum absolute atomic E-state index is 0.424. The molecule has 3 nitrogen and oxygen atoms in total. The molecule has 1 atom stereocenters. The highest BCUT2D eigenvalue weighted by Crippen LogP contribution is 2.41. The number of furan rings is 1. The van der Waals surface area contributed by atoms with Crippen LogP contribution in [0.4, 0.5) is 5.69 Å². The maximum atomic E-state index is 8.60. The first kappa shape index (κ1) is 14.0. The monoisotopic (exact) mass is 373 g/mol. The molecule has 0 N–H and O–H groups in total. The molecule has 2 heterocycles. The Morgan fingerprint density at radius 3 is 2.61 bits per heavy atom. The van der Waals surface area contributed by atoms with Gasteiger partial charge < -0.3 is 4.42 Å². The fraction of sp³-hybridized carbons (Fsp3) is 0.280. The largest absolute Gasteiger partial charge is 0.466 e. The SMILES string of the molecule is [2H]C([2H])([2H])C([2H])(C)c1cc(C)[n+](C)c(-c2c(C)ccc3c2oc2c([N+]#[C-])cc(C)cc23)c1. The van der Waals surface area contributed by atoms with Crippen molar-refractivity contribution in [1.82, 2.24) is 0 Å². The molecule has 0 saturated heterocycles. The number of fused-ring (bicyclic) bond motifs is 3. The molecule has 0 aliphatic carbocycles. The molecule has 1 unspecified atom stereocenters. The average Bonchev–Trinajstić information content (AvgIpc) is 3.07. The van der Waals surface area contributed by atoms with Crippen molar-refractivity contribution >= 4 is 27.6 Å². The smallest absolute Gasteiger partial charge is 0.229 e. The zero-order chi connectivity index (χ0) is 23.6. The van der Waals surface area contributed by atoms with Crippen LogP contribution in [0.5, 0.6) is 0 Å². The van der Waals surface area contributed by atoms with Crippen LogP contribution in [0.15, 0.2) is 40.8 Å². The zero-order valence-corrected chi connectivity index (χ0v) is 16.8. The molecule has 0 bridgehead atoms. The van der Waals surface area contributed by atoms with E-state index in [0.29, 0.717) is 22.4 Å². The highest BCUT2D eigenvalue weighted by Gasteiger charge is 2.24. The lowest BCUT2D eigenvalue weighted by Crippen LogP contribution is -2.35. The topological polar surface area (TPSA) is 21.4 Å². The molecule has 0 spiro atoms. The van der Waals surface area contributed by atoms with Gasteiger partial charge in [0.1, 0.15) is 18.2 Å². The van der Waals surface area contributed by atoms with Crippen LogP contribution in [0.2, 0.25) is 0 Å². The van der Waals surface area contributed by atoms with Gasteiger partial charge in [0.25, 0.3) is 0 Å². The Kier molecular flexibility index (Phi) is 3.24. The lowest BCUT2D eigenvalue weighted by molar-refractivity contribution is -0.666. The number of aryl methyl sites for hydroxylation is 3. The minimum atomic E-state index is -2.47. The van der Waals surface area contributed by atoms with Crippen LogP contribution in [0.3, 0.4) is 0 Å².